The van der Waals surface area contributed by atoms with Gasteiger partial charge in [0.15, 0.2) is 50.3 Å². The average molecular weight is 1280 g/mol. The predicted octanol–water partition coefficient (Wildman–Crippen LogP) is -14.9. The molecule has 0 bridgehead atoms. The lowest BCUT2D eigenvalue weighted by molar-refractivity contribution is -0.369. The van der Waals surface area contributed by atoms with E-state index in [4.69, 9.17) is 104 Å². The van der Waals surface area contributed by atoms with E-state index in [0.29, 0.717) is 13.0 Å². The SMILES string of the molecule is NCCCCCO[C@@H]1OC[C@@H](O[C@@H]2OC(CO)[C@@H](O[C@@H]3OC[C@@H](O[C@H]4OC(CO)[C@@H](O[C@@H]5OC[C@@H](O[C@H]6OC(CO)[C@@H](O[C@@H]7OC[C@@H](O[C@H]8OC(CO)[C@@H](O)[C@H](O)C8N)[C@@H](O)C7O)[C@H](O)C6N)[C@@H](O)C5O)[C@H](O)C4N)[C@@H](O)C3O)[C@H](O)C2N)[C@@H](O)C1O. The van der Waals surface area contributed by atoms with Crippen LogP contribution in [0.3, 0.4) is 0 Å². The lowest BCUT2D eigenvalue weighted by atomic mass is 9.96. The van der Waals surface area contributed by atoms with Crippen molar-refractivity contribution >= 4 is 0 Å². The van der Waals surface area contributed by atoms with E-state index in [-0.39, 0.29) is 13.2 Å². The number of nitrogens with two attached hydrogens (primary N) is 5. The third kappa shape index (κ3) is 16.0. The summed E-state index contributed by atoms with van der Waals surface area (Å²) in [4.78, 5) is 0. The number of unbranched alkanes of at least 4 members (excludes halogenated alkanes) is 2. The number of hydrogen-bond acceptors (Lipinski definition) is 38. The largest absolute Gasteiger partial charge is 0.394 e. The maximum atomic E-state index is 11.4. The smallest absolute Gasteiger partial charge is 0.186 e. The molecule has 0 amide bonds. The molecule has 38 nitrogen and oxygen atoms in total. The Bertz CT molecular complexity index is 2040. The van der Waals surface area contributed by atoms with Crippen molar-refractivity contribution in [3.05, 3.63) is 0 Å². The molecule has 36 atom stereocenters. The van der Waals surface area contributed by atoms with Gasteiger partial charge in [0.05, 0.1) is 77.0 Å². The quantitative estimate of drug-likeness (QED) is 0.0399. The Balaban J connectivity index is 0.780. The second-order valence-electron chi connectivity index (χ2n) is 22.6. The van der Waals surface area contributed by atoms with E-state index in [1.165, 1.54) is 0 Å². The van der Waals surface area contributed by atoms with Crippen LogP contribution < -0.4 is 28.7 Å². The van der Waals surface area contributed by atoms with Crippen molar-refractivity contribution in [2.24, 2.45) is 28.7 Å². The Labute approximate surface area is 496 Å². The van der Waals surface area contributed by atoms with Gasteiger partial charge in [-0.05, 0) is 25.8 Å². The molecule has 0 aliphatic carbocycles. The molecular weight excluding hydrogens is 1190 g/mol. The van der Waals surface area contributed by atoms with Crippen LogP contribution in [0.1, 0.15) is 19.3 Å². The van der Waals surface area contributed by atoms with Crippen molar-refractivity contribution in [2.45, 2.75) is 240 Å². The van der Waals surface area contributed by atoms with E-state index >= 15 is 0 Å². The maximum Gasteiger partial charge on any atom is 0.186 e. The van der Waals surface area contributed by atoms with Crippen LogP contribution >= 0.6 is 0 Å². The number of rotatable bonds is 24. The first-order valence-electron chi connectivity index (χ1n) is 28.8. The summed E-state index contributed by atoms with van der Waals surface area (Å²) in [5.41, 5.74) is 30.3. The van der Waals surface area contributed by atoms with Crippen molar-refractivity contribution in [1.29, 1.82) is 0 Å². The summed E-state index contributed by atoms with van der Waals surface area (Å²) in [7, 11) is 0. The van der Waals surface area contributed by atoms with Crippen molar-refractivity contribution < 1.29 is 163 Å². The van der Waals surface area contributed by atoms with Gasteiger partial charge < -0.3 is 191 Å². The van der Waals surface area contributed by atoms with Gasteiger partial charge in [0.1, 0.15) is 146 Å². The van der Waals surface area contributed by atoms with Crippen LogP contribution in [0.4, 0.5) is 0 Å². The fourth-order valence-electron chi connectivity index (χ4n) is 11.2. The minimum atomic E-state index is -1.98. The summed E-state index contributed by atoms with van der Waals surface area (Å²) in [6, 6.07) is -5.84. The predicted molar refractivity (Wildman–Crippen MR) is 275 cm³/mol. The standard InChI is InChI=1S/C49H89N5O33/c50-4-2-1-3-5-72-46-35(68)27(60)18(10-73-46)82-43-23(52)32(65)39(15(7-56)78-43)86-48-37(70)29(62)20(12-75-48)84-45-25(54)34(67)41(17(9-58)80-45)87-49-38(71)30(63)21(13-76-49)83-44-24(53)33(66)40(16(8-57)79-44)85-47-36(69)28(61)19(11-74-47)81-42-22(51)31(64)26(59)14(6-55)77-42/h14-49,55-71H,1-13,50-54H2/t14?,15?,16?,17?,18-,19-,20-,21-,22?,23?,24?,25?,26-,27-,28-,29-,30-,31-,32-,33-,34-,35?,36?,37?,38?,39-,40-,41-,42-,43+,44-,45-,46-,47+,48+,49+/m1/s1. The summed E-state index contributed by atoms with van der Waals surface area (Å²) in [6.07, 6.45) is -49.0. The summed E-state index contributed by atoms with van der Waals surface area (Å²) >= 11 is 0. The highest BCUT2D eigenvalue weighted by Gasteiger charge is 2.56. The van der Waals surface area contributed by atoms with Gasteiger partial charge in [-0.25, -0.2) is 0 Å². The molecule has 508 valence electrons. The molecule has 0 aromatic carbocycles. The van der Waals surface area contributed by atoms with Gasteiger partial charge in [0.25, 0.3) is 0 Å². The minimum absolute atomic E-state index is 0.239. The first-order valence-corrected chi connectivity index (χ1v) is 28.8. The van der Waals surface area contributed by atoms with Crippen LogP contribution in [0.25, 0.3) is 0 Å². The third-order valence-corrected chi connectivity index (χ3v) is 16.6. The molecule has 8 aliphatic heterocycles. The van der Waals surface area contributed by atoms with E-state index in [0.717, 1.165) is 12.8 Å². The van der Waals surface area contributed by atoms with Gasteiger partial charge in [-0.3, -0.25) is 0 Å². The highest BCUT2D eigenvalue weighted by Crippen LogP contribution is 2.35. The van der Waals surface area contributed by atoms with E-state index in [2.05, 4.69) is 0 Å². The second-order valence-corrected chi connectivity index (χ2v) is 22.6. The molecule has 12 unspecified atom stereocenters. The van der Waals surface area contributed by atoms with Gasteiger partial charge in [0, 0.05) is 6.61 Å². The molecule has 38 heteroatoms. The molecule has 0 aromatic rings. The molecule has 27 N–H and O–H groups in total. The van der Waals surface area contributed by atoms with Crippen LogP contribution in [0.15, 0.2) is 0 Å². The lowest BCUT2D eigenvalue weighted by Gasteiger charge is -2.48. The molecule has 8 aliphatic rings. The molecular formula is C49H89N5O33. The van der Waals surface area contributed by atoms with Crippen LogP contribution in [0, 0.1) is 0 Å². The summed E-state index contributed by atoms with van der Waals surface area (Å²) in [5, 5.41) is 183. The van der Waals surface area contributed by atoms with Gasteiger partial charge >= 0.3 is 0 Å². The average Bonchev–Trinajstić information content (AvgIpc) is 1.59. The molecule has 8 saturated heterocycles. The molecule has 8 fully saturated rings. The van der Waals surface area contributed by atoms with Gasteiger partial charge in [0.2, 0.25) is 0 Å². The second kappa shape index (κ2) is 32.1. The van der Waals surface area contributed by atoms with Crippen LogP contribution in [0.5, 0.6) is 0 Å². The first kappa shape index (κ1) is 71.3. The molecule has 0 spiro atoms. The lowest BCUT2D eigenvalue weighted by Crippen LogP contribution is -2.68. The summed E-state index contributed by atoms with van der Waals surface area (Å²) in [6.45, 7) is -4.40. The normalized spacial score (nSPS) is 51.1. The molecule has 0 saturated carbocycles. The number of hydrogen-bond donors (Lipinski definition) is 22. The molecule has 8 heterocycles. The Kier molecular flexibility index (Phi) is 26.3. The van der Waals surface area contributed by atoms with Gasteiger partial charge in [-0.1, -0.05) is 0 Å². The Morgan fingerprint density at radius 2 is 0.586 bits per heavy atom. The maximum absolute atomic E-state index is 11.4. The molecule has 0 aromatic heterocycles. The fraction of sp³-hybridized carbons (Fsp3) is 1.00. The zero-order valence-corrected chi connectivity index (χ0v) is 47.0. The Morgan fingerprint density at radius 1 is 0.299 bits per heavy atom. The van der Waals surface area contributed by atoms with E-state index in [1.807, 2.05) is 0 Å². The van der Waals surface area contributed by atoms with E-state index in [1.54, 1.807) is 0 Å². The third-order valence-electron chi connectivity index (χ3n) is 16.6. The zero-order chi connectivity index (χ0) is 63.3. The van der Waals surface area contributed by atoms with Crippen molar-refractivity contribution in [3.8, 4) is 0 Å². The summed E-state index contributed by atoms with van der Waals surface area (Å²) in [5.74, 6) is 0. The van der Waals surface area contributed by atoms with Crippen LogP contribution in [0.2, 0.25) is 0 Å². The fourth-order valence-corrected chi connectivity index (χ4v) is 11.2. The first-order chi connectivity index (χ1) is 41.5. The van der Waals surface area contributed by atoms with Crippen molar-refractivity contribution in [1.82, 2.24) is 0 Å². The number of aliphatic hydroxyl groups is 17. The monoisotopic (exact) mass is 1280 g/mol. The zero-order valence-electron chi connectivity index (χ0n) is 47.0. The Morgan fingerprint density at radius 3 is 0.897 bits per heavy atom. The number of aliphatic hydroxyl groups excluding tert-OH is 17. The van der Waals surface area contributed by atoms with Crippen LogP contribution in [-0.2, 0) is 75.8 Å². The van der Waals surface area contributed by atoms with Crippen LogP contribution in [-0.4, -0.2) is 374 Å². The summed E-state index contributed by atoms with van der Waals surface area (Å²) < 4.78 is 91.4. The molecule has 0 radical (unpaired) electrons. The van der Waals surface area contributed by atoms with E-state index in [9.17, 15) is 86.8 Å². The van der Waals surface area contributed by atoms with E-state index < -0.39 is 267 Å². The van der Waals surface area contributed by atoms with Gasteiger partial charge in [-0.2, -0.15) is 0 Å². The van der Waals surface area contributed by atoms with Gasteiger partial charge in [-0.15, -0.1) is 0 Å². The Hall–Kier alpha value is -1.52. The van der Waals surface area contributed by atoms with Crippen molar-refractivity contribution in [3.63, 3.8) is 0 Å². The minimum Gasteiger partial charge on any atom is -0.394 e. The van der Waals surface area contributed by atoms with Crippen molar-refractivity contribution in [2.75, 3.05) is 66.0 Å². The number of ether oxygens (including phenoxy) is 16. The highest BCUT2D eigenvalue weighted by atomic mass is 16.8. The molecule has 8 rings (SSSR count). The highest BCUT2D eigenvalue weighted by molar-refractivity contribution is 5.00. The molecule has 87 heavy (non-hydrogen) atoms. The topological polar surface area (TPSA) is 622 Å².